The molecule has 0 unspecified atom stereocenters. The van der Waals surface area contributed by atoms with Crippen LogP contribution in [0.5, 0.6) is 0 Å². The monoisotopic (exact) mass is 340 g/mol. The first-order valence-corrected chi connectivity index (χ1v) is 8.11. The molecule has 122 valence electrons. The number of halogens is 2. The maximum atomic E-state index is 13.2. The van der Waals surface area contributed by atoms with Gasteiger partial charge in [0.05, 0.1) is 4.90 Å². The largest absolute Gasteiger partial charge is 0.297 e. The van der Waals surface area contributed by atoms with E-state index in [0.717, 1.165) is 17.7 Å². The van der Waals surface area contributed by atoms with Crippen LogP contribution in [0.1, 0.15) is 22.8 Å². The summed E-state index contributed by atoms with van der Waals surface area (Å²) in [5.41, 5.74) is 0.699. The number of carbonyl (C=O) groups is 1. The first kappa shape index (κ1) is 17.2. The number of carbonyl (C=O) groups excluding carboxylic acids is 1. The van der Waals surface area contributed by atoms with Gasteiger partial charge < -0.3 is 0 Å². The summed E-state index contributed by atoms with van der Waals surface area (Å²) in [4.78, 5) is 12.0. The molecule has 0 fully saturated rings. The second kappa shape index (κ2) is 6.55. The Morgan fingerprint density at radius 1 is 1.04 bits per heavy atom. The van der Waals surface area contributed by atoms with Crippen LogP contribution in [0.15, 0.2) is 47.4 Å². The van der Waals surface area contributed by atoms with Crippen LogP contribution in [-0.4, -0.2) is 20.3 Å². The number of ketones is 1. The van der Waals surface area contributed by atoms with E-state index in [9.17, 15) is 22.0 Å². The standard InChI is InChI=1S/C16H14F2O4S/c1-10-3-6-13(7-4-10)23(20,21)22-11(2)16(19)12-5-8-14(17)15(18)9-12/h3-9,11H,1-2H3/t11-/m1/s1. The van der Waals surface area contributed by atoms with E-state index in [1.807, 2.05) is 0 Å². The fourth-order valence-corrected chi connectivity index (χ4v) is 2.93. The number of benzene rings is 2. The number of rotatable bonds is 5. The Hall–Kier alpha value is -2.12. The molecule has 0 radical (unpaired) electrons. The maximum absolute atomic E-state index is 13.2. The lowest BCUT2D eigenvalue weighted by molar-refractivity contribution is 0.0825. The molecule has 0 bridgehead atoms. The molecule has 2 rings (SSSR count). The summed E-state index contributed by atoms with van der Waals surface area (Å²) in [7, 11) is -4.14. The number of hydrogen-bond acceptors (Lipinski definition) is 4. The van der Waals surface area contributed by atoms with E-state index in [2.05, 4.69) is 0 Å². The van der Waals surface area contributed by atoms with Crippen molar-refractivity contribution in [2.24, 2.45) is 0 Å². The fourth-order valence-electron chi connectivity index (χ4n) is 1.88. The summed E-state index contributed by atoms with van der Waals surface area (Å²) >= 11 is 0. The maximum Gasteiger partial charge on any atom is 0.297 e. The third kappa shape index (κ3) is 4.00. The van der Waals surface area contributed by atoms with Gasteiger partial charge in [-0.05, 0) is 44.2 Å². The SMILES string of the molecule is Cc1ccc(S(=O)(=O)O[C@H](C)C(=O)c2ccc(F)c(F)c2)cc1. The van der Waals surface area contributed by atoms with Crippen LogP contribution in [-0.2, 0) is 14.3 Å². The number of hydrogen-bond donors (Lipinski definition) is 0. The summed E-state index contributed by atoms with van der Waals surface area (Å²) < 4.78 is 55.1. The van der Waals surface area contributed by atoms with Crippen LogP contribution in [0, 0.1) is 18.6 Å². The number of Topliss-reactive ketones (excluding diaryl/α,β-unsaturated/α-hetero) is 1. The van der Waals surface area contributed by atoms with Crippen molar-refractivity contribution >= 4 is 15.9 Å². The molecule has 0 aliphatic rings. The van der Waals surface area contributed by atoms with Gasteiger partial charge in [-0.2, -0.15) is 8.42 Å². The quantitative estimate of drug-likeness (QED) is 0.619. The molecule has 7 heteroatoms. The van der Waals surface area contributed by atoms with Crippen molar-refractivity contribution in [3.05, 3.63) is 65.2 Å². The minimum absolute atomic E-state index is 0.0898. The molecular weight excluding hydrogens is 326 g/mol. The van der Waals surface area contributed by atoms with Crippen LogP contribution in [0.3, 0.4) is 0 Å². The van der Waals surface area contributed by atoms with Crippen molar-refractivity contribution in [3.63, 3.8) is 0 Å². The first-order valence-electron chi connectivity index (χ1n) is 6.70. The average Bonchev–Trinajstić information content (AvgIpc) is 2.49. The third-order valence-corrected chi connectivity index (χ3v) is 4.55. The van der Waals surface area contributed by atoms with Crippen LogP contribution < -0.4 is 0 Å². The Morgan fingerprint density at radius 2 is 1.65 bits per heavy atom. The van der Waals surface area contributed by atoms with Gasteiger partial charge in [0.15, 0.2) is 17.4 Å². The van der Waals surface area contributed by atoms with Crippen molar-refractivity contribution in [1.82, 2.24) is 0 Å². The second-order valence-electron chi connectivity index (χ2n) is 5.00. The smallest absolute Gasteiger partial charge is 0.291 e. The highest BCUT2D eigenvalue weighted by Gasteiger charge is 2.25. The van der Waals surface area contributed by atoms with Crippen LogP contribution in [0.25, 0.3) is 0 Å². The molecule has 0 amide bonds. The molecule has 23 heavy (non-hydrogen) atoms. The van der Waals surface area contributed by atoms with Gasteiger partial charge in [0.2, 0.25) is 0 Å². The highest BCUT2D eigenvalue weighted by atomic mass is 32.2. The summed E-state index contributed by atoms with van der Waals surface area (Å²) in [6.45, 7) is 3.03. The second-order valence-corrected chi connectivity index (χ2v) is 6.57. The zero-order chi connectivity index (χ0) is 17.2. The molecule has 0 saturated carbocycles. The third-order valence-electron chi connectivity index (χ3n) is 3.15. The van der Waals surface area contributed by atoms with Gasteiger partial charge >= 0.3 is 0 Å². The van der Waals surface area contributed by atoms with E-state index in [4.69, 9.17) is 4.18 Å². The molecule has 2 aromatic rings. The molecule has 0 saturated heterocycles. The van der Waals surface area contributed by atoms with Crippen molar-refractivity contribution in [2.75, 3.05) is 0 Å². The highest BCUT2D eigenvalue weighted by molar-refractivity contribution is 7.86. The molecule has 0 spiro atoms. The first-order chi connectivity index (χ1) is 10.7. The van der Waals surface area contributed by atoms with Gasteiger partial charge in [-0.15, -0.1) is 0 Å². The molecule has 0 aliphatic heterocycles. The predicted molar refractivity (Wildman–Crippen MR) is 79.6 cm³/mol. The molecular formula is C16H14F2O4S. The lowest BCUT2D eigenvalue weighted by Gasteiger charge is -2.12. The van der Waals surface area contributed by atoms with Crippen LogP contribution in [0.2, 0.25) is 0 Å². The van der Waals surface area contributed by atoms with Crippen molar-refractivity contribution in [3.8, 4) is 0 Å². The lowest BCUT2D eigenvalue weighted by Crippen LogP contribution is -2.24. The zero-order valence-electron chi connectivity index (χ0n) is 12.4. The lowest BCUT2D eigenvalue weighted by atomic mass is 10.1. The highest BCUT2D eigenvalue weighted by Crippen LogP contribution is 2.18. The summed E-state index contributed by atoms with van der Waals surface area (Å²) in [6, 6.07) is 8.48. The van der Waals surface area contributed by atoms with Gasteiger partial charge in [0.1, 0.15) is 6.10 Å². The fraction of sp³-hybridized carbons (Fsp3) is 0.188. The Bertz CT molecular complexity index is 830. The Morgan fingerprint density at radius 3 is 2.22 bits per heavy atom. The van der Waals surface area contributed by atoms with E-state index >= 15 is 0 Å². The minimum Gasteiger partial charge on any atom is -0.291 e. The van der Waals surface area contributed by atoms with Gasteiger partial charge in [-0.25, -0.2) is 8.78 Å². The van der Waals surface area contributed by atoms with E-state index in [1.165, 1.54) is 19.1 Å². The molecule has 0 aliphatic carbocycles. The number of aryl methyl sites for hydroxylation is 1. The van der Waals surface area contributed by atoms with E-state index < -0.39 is 33.6 Å². The van der Waals surface area contributed by atoms with Gasteiger partial charge in [-0.1, -0.05) is 17.7 Å². The van der Waals surface area contributed by atoms with Gasteiger partial charge in [0, 0.05) is 5.56 Å². The van der Waals surface area contributed by atoms with Crippen molar-refractivity contribution in [1.29, 1.82) is 0 Å². The molecule has 0 aromatic heterocycles. The predicted octanol–water partition coefficient (Wildman–Crippen LogP) is 3.25. The Balaban J connectivity index is 2.20. The average molecular weight is 340 g/mol. The van der Waals surface area contributed by atoms with Crippen molar-refractivity contribution < 1.29 is 26.2 Å². The van der Waals surface area contributed by atoms with Crippen LogP contribution >= 0.6 is 0 Å². The molecule has 2 aromatic carbocycles. The summed E-state index contributed by atoms with van der Waals surface area (Å²) in [5.74, 6) is -3.05. The van der Waals surface area contributed by atoms with E-state index in [0.29, 0.717) is 6.07 Å². The van der Waals surface area contributed by atoms with E-state index in [-0.39, 0.29) is 10.5 Å². The van der Waals surface area contributed by atoms with E-state index in [1.54, 1.807) is 19.1 Å². The summed E-state index contributed by atoms with van der Waals surface area (Å²) in [6.07, 6.45) is -1.37. The minimum atomic E-state index is -4.14. The molecule has 4 nitrogen and oxygen atoms in total. The Labute approximate surface area is 132 Å². The molecule has 1 atom stereocenters. The Kier molecular flexibility index (Phi) is 4.91. The molecule has 0 N–H and O–H groups in total. The van der Waals surface area contributed by atoms with Crippen LogP contribution in [0.4, 0.5) is 8.78 Å². The molecule has 0 heterocycles. The normalized spacial score (nSPS) is 12.9. The summed E-state index contributed by atoms with van der Waals surface area (Å²) in [5, 5.41) is 0. The van der Waals surface area contributed by atoms with Gasteiger partial charge in [0.25, 0.3) is 10.1 Å². The van der Waals surface area contributed by atoms with Crippen molar-refractivity contribution in [2.45, 2.75) is 24.8 Å². The zero-order valence-corrected chi connectivity index (χ0v) is 13.2. The topological polar surface area (TPSA) is 60.4 Å². The van der Waals surface area contributed by atoms with Gasteiger partial charge in [-0.3, -0.25) is 8.98 Å².